The van der Waals surface area contributed by atoms with Gasteiger partial charge in [0, 0.05) is 44.0 Å². The number of rotatable bonds is 6. The second-order valence-corrected chi connectivity index (χ2v) is 10.6. The Hall–Kier alpha value is -0.540. The molecule has 0 aromatic carbocycles. The van der Waals surface area contributed by atoms with Crippen molar-refractivity contribution in [3.05, 3.63) is 0 Å². The van der Waals surface area contributed by atoms with E-state index in [2.05, 4.69) is 27.8 Å². The summed E-state index contributed by atoms with van der Waals surface area (Å²) < 4.78 is 28.9. The number of carbonyl (C=O) groups is 1. The molecule has 2 heterocycles. The third kappa shape index (κ3) is 4.77. The summed E-state index contributed by atoms with van der Waals surface area (Å²) in [5.74, 6) is 0.436. The maximum absolute atomic E-state index is 14.9. The Balaban J connectivity index is 1.42. The fraction of sp³-hybridized carbons (Fsp3) is 0.952. The first-order valence-electron chi connectivity index (χ1n) is 11.5. The molecule has 2 saturated carbocycles. The number of hydrogen-bond donors (Lipinski definition) is 4. The van der Waals surface area contributed by atoms with Crippen LogP contribution < -0.4 is 21.7 Å². The van der Waals surface area contributed by atoms with Crippen molar-refractivity contribution in [2.75, 3.05) is 32.7 Å². The van der Waals surface area contributed by atoms with E-state index < -0.39 is 17.2 Å². The van der Waals surface area contributed by atoms with E-state index in [4.69, 9.17) is 17.3 Å². The van der Waals surface area contributed by atoms with Crippen LogP contribution in [0.5, 0.6) is 0 Å². The lowest BCUT2D eigenvalue weighted by Gasteiger charge is -2.47. The zero-order chi connectivity index (χ0) is 21.5. The lowest BCUT2D eigenvalue weighted by Crippen LogP contribution is -2.68. The zero-order valence-electron chi connectivity index (χ0n) is 17.8. The molecule has 2 aliphatic carbocycles. The Labute approximate surface area is 183 Å². The highest BCUT2D eigenvalue weighted by Crippen LogP contribution is 2.40. The fourth-order valence-electron chi connectivity index (χ4n) is 5.25. The molecule has 7 unspecified atom stereocenters. The zero-order valence-corrected chi connectivity index (χ0v) is 18.6. The minimum Gasteiger partial charge on any atom is -0.353 e. The molecule has 0 aromatic rings. The van der Waals surface area contributed by atoms with Crippen molar-refractivity contribution in [2.45, 2.75) is 74.5 Å². The van der Waals surface area contributed by atoms with Crippen LogP contribution in [-0.2, 0) is 4.79 Å². The fourth-order valence-corrected chi connectivity index (χ4v) is 5.60. The van der Waals surface area contributed by atoms with Crippen LogP contribution in [0.3, 0.4) is 0 Å². The summed E-state index contributed by atoms with van der Waals surface area (Å²) in [6, 6.07) is 0. The van der Waals surface area contributed by atoms with Gasteiger partial charge in [-0.3, -0.25) is 15.0 Å². The number of carbonyl (C=O) groups excluding carboxylic acids is 1. The summed E-state index contributed by atoms with van der Waals surface area (Å²) >= 11 is 6.55. The highest BCUT2D eigenvalue weighted by molar-refractivity contribution is 6.20. The maximum atomic E-state index is 14.9. The van der Waals surface area contributed by atoms with Crippen molar-refractivity contribution in [2.24, 2.45) is 23.5 Å². The molecule has 2 saturated heterocycles. The number of likely N-dealkylation sites (tertiary alicyclic amines) is 1. The number of nitrogens with one attached hydrogen (secondary N) is 3. The minimum atomic E-state index is -1.68. The average molecular weight is 448 g/mol. The molecule has 0 radical (unpaired) electrons. The summed E-state index contributed by atoms with van der Waals surface area (Å²) in [5, 5.41) is 10.2. The molecule has 4 rings (SSSR count). The molecule has 0 spiro atoms. The molecule has 172 valence electrons. The number of nitrogens with two attached hydrogens (primary N) is 1. The normalized spacial score (nSPS) is 44.0. The second kappa shape index (κ2) is 8.77. The van der Waals surface area contributed by atoms with Crippen LogP contribution in [0.1, 0.15) is 45.4 Å². The summed E-state index contributed by atoms with van der Waals surface area (Å²) in [4.78, 5) is 14.2. The molecule has 0 aromatic heterocycles. The van der Waals surface area contributed by atoms with Gasteiger partial charge in [-0.1, -0.05) is 6.92 Å². The van der Waals surface area contributed by atoms with Crippen LogP contribution in [-0.4, -0.2) is 72.6 Å². The molecule has 6 nitrogen and oxygen atoms in total. The SMILES string of the molecule is CC1CCC(C2NCC(CNC(=O)C3(F)CC3)C(N3CCC(F)(CN)C3)N2)CC1Cl. The maximum Gasteiger partial charge on any atom is 0.257 e. The van der Waals surface area contributed by atoms with Gasteiger partial charge in [-0.15, -0.1) is 11.6 Å². The Morgan fingerprint density at radius 1 is 1.30 bits per heavy atom. The second-order valence-electron chi connectivity index (χ2n) is 10.1. The minimum absolute atomic E-state index is 0.0120. The smallest absolute Gasteiger partial charge is 0.257 e. The Kier molecular flexibility index (Phi) is 6.62. The first-order valence-corrected chi connectivity index (χ1v) is 11.9. The molecule has 30 heavy (non-hydrogen) atoms. The molecule has 1 amide bonds. The van der Waals surface area contributed by atoms with Gasteiger partial charge in [-0.25, -0.2) is 8.78 Å². The van der Waals surface area contributed by atoms with Crippen LogP contribution >= 0.6 is 11.6 Å². The molecule has 7 atom stereocenters. The van der Waals surface area contributed by atoms with Crippen LogP contribution in [0.4, 0.5) is 8.78 Å². The van der Waals surface area contributed by atoms with Crippen molar-refractivity contribution in [1.82, 2.24) is 20.9 Å². The van der Waals surface area contributed by atoms with Crippen LogP contribution in [0, 0.1) is 17.8 Å². The van der Waals surface area contributed by atoms with Gasteiger partial charge in [-0.05, 0) is 50.4 Å². The van der Waals surface area contributed by atoms with Gasteiger partial charge in [0.05, 0.1) is 12.3 Å². The Bertz CT molecular complexity index is 639. The van der Waals surface area contributed by atoms with E-state index >= 15 is 0 Å². The number of amides is 1. The molecule has 0 bridgehead atoms. The van der Waals surface area contributed by atoms with E-state index in [1.54, 1.807) is 0 Å². The molecule has 5 N–H and O–H groups in total. The van der Waals surface area contributed by atoms with E-state index in [0.717, 1.165) is 19.3 Å². The van der Waals surface area contributed by atoms with E-state index in [9.17, 15) is 13.6 Å². The Morgan fingerprint density at radius 3 is 2.70 bits per heavy atom. The van der Waals surface area contributed by atoms with E-state index in [1.807, 2.05) is 0 Å². The third-order valence-corrected chi connectivity index (χ3v) is 8.33. The number of alkyl halides is 3. The first kappa shape index (κ1) is 22.6. The Morgan fingerprint density at radius 2 is 2.07 bits per heavy atom. The summed E-state index contributed by atoms with van der Waals surface area (Å²) in [5.41, 5.74) is 2.63. The van der Waals surface area contributed by atoms with Gasteiger partial charge in [-0.2, -0.15) is 0 Å². The highest BCUT2D eigenvalue weighted by Gasteiger charge is 2.51. The topological polar surface area (TPSA) is 82.4 Å². The quantitative estimate of drug-likeness (QED) is 0.464. The summed E-state index contributed by atoms with van der Waals surface area (Å²) in [6.45, 7) is 4.16. The molecule has 4 fully saturated rings. The monoisotopic (exact) mass is 447 g/mol. The van der Waals surface area contributed by atoms with Gasteiger partial charge < -0.3 is 16.4 Å². The number of hydrogen-bond acceptors (Lipinski definition) is 5. The molecule has 2 aliphatic heterocycles. The average Bonchev–Trinajstić information content (AvgIpc) is 3.37. The number of halogens is 3. The van der Waals surface area contributed by atoms with Crippen LogP contribution in [0.15, 0.2) is 0 Å². The van der Waals surface area contributed by atoms with Gasteiger partial charge in [0.15, 0.2) is 5.67 Å². The largest absolute Gasteiger partial charge is 0.353 e. The summed E-state index contributed by atoms with van der Waals surface area (Å²) in [6.07, 6.45) is 4.17. The lowest BCUT2D eigenvalue weighted by molar-refractivity contribution is -0.127. The first-order chi connectivity index (χ1) is 14.2. The highest BCUT2D eigenvalue weighted by atomic mass is 35.5. The lowest BCUT2D eigenvalue weighted by atomic mass is 9.80. The van der Waals surface area contributed by atoms with Crippen molar-refractivity contribution < 1.29 is 13.6 Å². The van der Waals surface area contributed by atoms with Crippen molar-refractivity contribution in [3.63, 3.8) is 0 Å². The van der Waals surface area contributed by atoms with Gasteiger partial charge in [0.2, 0.25) is 0 Å². The molecular weight excluding hydrogens is 412 g/mol. The molecular formula is C21H36ClF2N5O. The standard InChI is InChI=1S/C21H36ClF2N5O/c1-13-2-3-14(8-16(13)22)17-26-9-15(10-27-19(30)21(24)4-5-21)18(28-17)29-7-6-20(23,11-25)12-29/h13-18,26,28H,2-12,25H2,1H3,(H,27,30). The summed E-state index contributed by atoms with van der Waals surface area (Å²) in [7, 11) is 0. The van der Waals surface area contributed by atoms with E-state index in [-0.39, 0.29) is 36.7 Å². The number of nitrogens with zero attached hydrogens (tertiary/aromatic N) is 1. The van der Waals surface area contributed by atoms with Crippen LogP contribution in [0.25, 0.3) is 0 Å². The van der Waals surface area contributed by atoms with E-state index in [1.165, 1.54) is 0 Å². The van der Waals surface area contributed by atoms with Crippen molar-refractivity contribution >= 4 is 17.5 Å². The van der Waals surface area contributed by atoms with E-state index in [0.29, 0.717) is 50.7 Å². The predicted molar refractivity (Wildman–Crippen MR) is 114 cm³/mol. The van der Waals surface area contributed by atoms with Gasteiger partial charge in [0.1, 0.15) is 5.67 Å². The van der Waals surface area contributed by atoms with Crippen molar-refractivity contribution in [1.29, 1.82) is 0 Å². The molecule has 4 aliphatic rings. The predicted octanol–water partition coefficient (Wildman–Crippen LogP) is 1.48. The van der Waals surface area contributed by atoms with Crippen LogP contribution in [0.2, 0.25) is 0 Å². The van der Waals surface area contributed by atoms with Crippen molar-refractivity contribution in [3.8, 4) is 0 Å². The van der Waals surface area contributed by atoms with Gasteiger partial charge >= 0.3 is 0 Å². The molecule has 9 heteroatoms. The van der Waals surface area contributed by atoms with Gasteiger partial charge in [0.25, 0.3) is 5.91 Å². The third-order valence-electron chi connectivity index (χ3n) is 7.72.